The van der Waals surface area contributed by atoms with Crippen molar-refractivity contribution in [1.82, 2.24) is 0 Å². The lowest BCUT2D eigenvalue weighted by Crippen LogP contribution is -2.39. The van der Waals surface area contributed by atoms with Crippen LogP contribution in [0.2, 0.25) is 0 Å². The smallest absolute Gasteiger partial charge is 0.272 e. The van der Waals surface area contributed by atoms with Gasteiger partial charge in [0.2, 0.25) is 5.92 Å². The molecule has 0 bridgehead atoms. The molecule has 0 N–H and O–H groups in total. The number of amides is 1. The van der Waals surface area contributed by atoms with Crippen LogP contribution in [0.3, 0.4) is 0 Å². The van der Waals surface area contributed by atoms with E-state index in [2.05, 4.69) is 5.10 Å². The number of hydrazone groups is 1. The lowest BCUT2D eigenvalue weighted by atomic mass is 9.77. The van der Waals surface area contributed by atoms with Gasteiger partial charge >= 0.3 is 6.18 Å². The molecule has 1 amide bonds. The lowest BCUT2D eigenvalue weighted by molar-refractivity contribution is -0.137. The molecule has 1 aliphatic carbocycles. The van der Waals surface area contributed by atoms with E-state index in [-0.39, 0.29) is 17.8 Å². The first-order valence-corrected chi connectivity index (χ1v) is 6.62. The Labute approximate surface area is 122 Å². The first-order chi connectivity index (χ1) is 10.2. The molecule has 1 aromatic carbocycles. The summed E-state index contributed by atoms with van der Waals surface area (Å²) in [6.07, 6.45) is -5.66. The van der Waals surface area contributed by atoms with Gasteiger partial charge in [-0.05, 0) is 12.1 Å². The van der Waals surface area contributed by atoms with E-state index in [1.807, 2.05) is 0 Å². The third-order valence-electron chi connectivity index (χ3n) is 3.80. The van der Waals surface area contributed by atoms with Crippen molar-refractivity contribution in [3.8, 4) is 0 Å². The number of carbonyl (C=O) groups is 1. The number of rotatable bonds is 2. The molecule has 0 aromatic heterocycles. The average Bonchev–Trinajstić information content (AvgIpc) is 2.76. The Morgan fingerprint density at radius 1 is 1.18 bits per heavy atom. The number of anilines is 1. The van der Waals surface area contributed by atoms with Gasteiger partial charge in [-0.2, -0.15) is 23.3 Å². The molecule has 0 unspecified atom stereocenters. The van der Waals surface area contributed by atoms with E-state index < -0.39 is 42.3 Å². The van der Waals surface area contributed by atoms with E-state index >= 15 is 0 Å². The molecule has 3 rings (SSSR count). The molecule has 1 aromatic rings. The van der Waals surface area contributed by atoms with Crippen LogP contribution >= 0.6 is 0 Å². The highest BCUT2D eigenvalue weighted by Crippen LogP contribution is 2.45. The van der Waals surface area contributed by atoms with E-state index in [0.29, 0.717) is 5.01 Å². The second kappa shape index (κ2) is 4.76. The maximum atomic E-state index is 13.0. The normalized spacial score (nSPS) is 21.8. The predicted octanol–water partition coefficient (Wildman–Crippen LogP) is 3.84. The van der Waals surface area contributed by atoms with Crippen LogP contribution in [0.15, 0.2) is 29.4 Å². The van der Waals surface area contributed by atoms with Gasteiger partial charge in [-0.3, -0.25) is 4.79 Å². The third kappa shape index (κ3) is 2.57. The molecule has 8 heteroatoms. The largest absolute Gasteiger partial charge is 0.418 e. The Morgan fingerprint density at radius 2 is 1.82 bits per heavy atom. The zero-order valence-electron chi connectivity index (χ0n) is 11.2. The number of para-hydroxylation sites is 1. The van der Waals surface area contributed by atoms with Crippen LogP contribution in [0.1, 0.15) is 24.8 Å². The average molecular weight is 318 g/mol. The molecule has 1 heterocycles. The van der Waals surface area contributed by atoms with Gasteiger partial charge in [0.15, 0.2) is 0 Å². The molecule has 22 heavy (non-hydrogen) atoms. The molecular formula is C14H11F5N2O. The number of hydrogen-bond donors (Lipinski definition) is 0. The molecule has 0 atom stereocenters. The number of benzene rings is 1. The van der Waals surface area contributed by atoms with Gasteiger partial charge in [0.25, 0.3) is 5.91 Å². The fraction of sp³-hybridized carbons (Fsp3) is 0.429. The van der Waals surface area contributed by atoms with Crippen molar-refractivity contribution in [2.45, 2.75) is 31.4 Å². The van der Waals surface area contributed by atoms with Gasteiger partial charge in [0.05, 0.1) is 23.4 Å². The van der Waals surface area contributed by atoms with E-state index in [4.69, 9.17) is 0 Å². The Balaban J connectivity index is 1.90. The van der Waals surface area contributed by atoms with Crippen molar-refractivity contribution < 1.29 is 26.7 Å². The van der Waals surface area contributed by atoms with Crippen molar-refractivity contribution in [3.63, 3.8) is 0 Å². The first-order valence-electron chi connectivity index (χ1n) is 6.62. The highest BCUT2D eigenvalue weighted by atomic mass is 19.4. The summed E-state index contributed by atoms with van der Waals surface area (Å²) >= 11 is 0. The zero-order valence-corrected chi connectivity index (χ0v) is 11.2. The summed E-state index contributed by atoms with van der Waals surface area (Å²) in [6.45, 7) is 0. The molecule has 118 valence electrons. The number of carbonyl (C=O) groups excluding carboxylic acids is 1. The first kappa shape index (κ1) is 14.9. The van der Waals surface area contributed by atoms with E-state index in [0.717, 1.165) is 12.1 Å². The monoisotopic (exact) mass is 318 g/mol. The molecule has 0 radical (unpaired) electrons. The Morgan fingerprint density at radius 3 is 2.41 bits per heavy atom. The molecule has 1 aliphatic heterocycles. The second-order valence-electron chi connectivity index (χ2n) is 5.45. The highest BCUT2D eigenvalue weighted by molar-refractivity contribution is 6.14. The number of alkyl halides is 5. The Bertz CT molecular complexity index is 645. The van der Waals surface area contributed by atoms with Gasteiger partial charge in [0.1, 0.15) is 0 Å². The summed E-state index contributed by atoms with van der Waals surface area (Å²) in [5.41, 5.74) is -1.12. The molecule has 0 saturated heterocycles. The summed E-state index contributed by atoms with van der Waals surface area (Å²) in [5.74, 6) is -3.95. The minimum Gasteiger partial charge on any atom is -0.272 e. The fourth-order valence-electron chi connectivity index (χ4n) is 2.66. The SMILES string of the molecule is O=C1CC(C2CC(F)(F)C2)=NN1c1ccccc1C(F)(F)F. The van der Waals surface area contributed by atoms with E-state index in [9.17, 15) is 26.7 Å². The number of hydrogen-bond acceptors (Lipinski definition) is 2. The topological polar surface area (TPSA) is 32.7 Å². The fourth-order valence-corrected chi connectivity index (χ4v) is 2.66. The number of halogens is 5. The summed E-state index contributed by atoms with van der Waals surface area (Å²) in [5, 5.41) is 4.54. The van der Waals surface area contributed by atoms with Crippen molar-refractivity contribution in [1.29, 1.82) is 0 Å². The minimum atomic E-state index is -4.63. The summed E-state index contributed by atoms with van der Waals surface area (Å²) in [7, 11) is 0. The number of nitrogens with zero attached hydrogens (tertiary/aromatic N) is 2. The van der Waals surface area contributed by atoms with E-state index in [1.165, 1.54) is 12.1 Å². The summed E-state index contributed by atoms with van der Waals surface area (Å²) < 4.78 is 64.7. The summed E-state index contributed by atoms with van der Waals surface area (Å²) in [6, 6.07) is 4.57. The molecule has 2 aliphatic rings. The van der Waals surface area contributed by atoms with Gasteiger partial charge in [-0.25, -0.2) is 8.78 Å². The van der Waals surface area contributed by atoms with Crippen molar-refractivity contribution >= 4 is 17.3 Å². The van der Waals surface area contributed by atoms with Gasteiger partial charge in [-0.15, -0.1) is 0 Å². The van der Waals surface area contributed by atoms with Gasteiger partial charge < -0.3 is 0 Å². The van der Waals surface area contributed by atoms with Crippen LogP contribution in [0.5, 0.6) is 0 Å². The van der Waals surface area contributed by atoms with Gasteiger partial charge in [-0.1, -0.05) is 12.1 Å². The minimum absolute atomic E-state index is 0.215. The van der Waals surface area contributed by atoms with Crippen LogP contribution in [-0.2, 0) is 11.0 Å². The zero-order chi connectivity index (χ0) is 16.1. The van der Waals surface area contributed by atoms with Crippen LogP contribution in [0, 0.1) is 5.92 Å². The second-order valence-corrected chi connectivity index (χ2v) is 5.45. The van der Waals surface area contributed by atoms with Crippen molar-refractivity contribution in [3.05, 3.63) is 29.8 Å². The third-order valence-corrected chi connectivity index (χ3v) is 3.80. The van der Waals surface area contributed by atoms with Crippen LogP contribution in [0.4, 0.5) is 27.6 Å². The highest BCUT2D eigenvalue weighted by Gasteiger charge is 2.49. The maximum absolute atomic E-state index is 13.0. The summed E-state index contributed by atoms with van der Waals surface area (Å²) in [4.78, 5) is 11.9. The van der Waals surface area contributed by atoms with Crippen LogP contribution in [-0.4, -0.2) is 17.5 Å². The molecule has 0 spiro atoms. The standard InChI is InChI=1S/C14H11F5N2O/c15-13(16)6-8(7-13)10-5-12(22)21(20-10)11-4-2-1-3-9(11)14(17,18)19/h1-4,8H,5-7H2. The maximum Gasteiger partial charge on any atom is 0.418 e. The van der Waals surface area contributed by atoms with Crippen molar-refractivity contribution in [2.24, 2.45) is 11.0 Å². The predicted molar refractivity (Wildman–Crippen MR) is 68.7 cm³/mol. The Kier molecular flexibility index (Phi) is 3.23. The molecular weight excluding hydrogens is 307 g/mol. The lowest BCUT2D eigenvalue weighted by Gasteiger charge is -2.34. The Hall–Kier alpha value is -1.99. The quantitative estimate of drug-likeness (QED) is 0.763. The van der Waals surface area contributed by atoms with Gasteiger partial charge in [0, 0.05) is 18.8 Å². The van der Waals surface area contributed by atoms with E-state index in [1.54, 1.807) is 0 Å². The molecule has 3 nitrogen and oxygen atoms in total. The molecule has 1 saturated carbocycles. The van der Waals surface area contributed by atoms with Crippen molar-refractivity contribution in [2.75, 3.05) is 5.01 Å². The molecule has 1 fully saturated rings. The van der Waals surface area contributed by atoms with Crippen LogP contribution < -0.4 is 5.01 Å². The van der Waals surface area contributed by atoms with Crippen LogP contribution in [0.25, 0.3) is 0 Å².